The van der Waals surface area contributed by atoms with Gasteiger partial charge in [-0.05, 0) is 35.4 Å². The Bertz CT molecular complexity index is 1220. The third-order valence-electron chi connectivity index (χ3n) is 5.36. The molecule has 0 saturated carbocycles. The first-order valence-corrected chi connectivity index (χ1v) is 13.6. The molecule has 5 nitrogen and oxygen atoms in total. The summed E-state index contributed by atoms with van der Waals surface area (Å²) in [6, 6.07) is 8.41. The minimum absolute atomic E-state index is 0.241. The molecule has 1 aliphatic rings. The molecule has 9 heteroatoms. The van der Waals surface area contributed by atoms with Gasteiger partial charge in [0.1, 0.15) is 4.83 Å². The number of thioether (sulfide) groups is 2. The van der Waals surface area contributed by atoms with Crippen LogP contribution in [0.25, 0.3) is 15.9 Å². The lowest BCUT2D eigenvalue weighted by molar-refractivity contribution is 0.00203. The lowest BCUT2D eigenvalue weighted by Gasteiger charge is -2.26. The summed E-state index contributed by atoms with van der Waals surface area (Å²) in [7, 11) is 0. The number of fused-ring (bicyclic) bond motifs is 5. The SMILES string of the molecule is CSc1nc2sc3c(c2c2nnc(SCc4ccc(Br)cc4)n12)C[C@H](C(C)C)OC3. The van der Waals surface area contributed by atoms with Gasteiger partial charge in [0, 0.05) is 21.5 Å². The van der Waals surface area contributed by atoms with E-state index in [2.05, 4.69) is 74.9 Å². The average molecular weight is 522 g/mol. The molecule has 0 bridgehead atoms. The monoisotopic (exact) mass is 520 g/mol. The molecule has 3 aromatic heterocycles. The molecular weight excluding hydrogens is 500 g/mol. The Hall–Kier alpha value is -1.13. The highest BCUT2D eigenvalue weighted by molar-refractivity contribution is 9.10. The van der Waals surface area contributed by atoms with Crippen LogP contribution in [-0.4, -0.2) is 31.9 Å². The van der Waals surface area contributed by atoms with Crippen molar-refractivity contribution in [3.05, 3.63) is 44.7 Å². The summed E-state index contributed by atoms with van der Waals surface area (Å²) >= 11 is 8.57. The molecule has 1 aliphatic heterocycles. The fourth-order valence-corrected chi connectivity index (χ4v) is 6.64. The van der Waals surface area contributed by atoms with Crippen LogP contribution in [0, 0.1) is 5.92 Å². The van der Waals surface area contributed by atoms with E-state index in [1.54, 1.807) is 34.9 Å². The van der Waals surface area contributed by atoms with Crippen molar-refractivity contribution in [2.24, 2.45) is 5.92 Å². The molecule has 0 N–H and O–H groups in total. The minimum Gasteiger partial charge on any atom is -0.372 e. The smallest absolute Gasteiger partial charge is 0.198 e. The maximum atomic E-state index is 6.09. The second-order valence-corrected chi connectivity index (χ2v) is 11.4. The zero-order chi connectivity index (χ0) is 20.8. The number of hydrogen-bond acceptors (Lipinski definition) is 7. The molecule has 156 valence electrons. The van der Waals surface area contributed by atoms with Crippen LogP contribution in [0.1, 0.15) is 29.9 Å². The number of aromatic nitrogens is 4. The van der Waals surface area contributed by atoms with Gasteiger partial charge in [0.25, 0.3) is 0 Å². The Labute approximate surface area is 196 Å². The maximum absolute atomic E-state index is 6.09. The Kier molecular flexibility index (Phi) is 5.83. The molecule has 5 rings (SSSR count). The fraction of sp³-hybridized carbons (Fsp3) is 0.381. The van der Waals surface area contributed by atoms with Gasteiger partial charge in [0.2, 0.25) is 0 Å². The van der Waals surface area contributed by atoms with Gasteiger partial charge in [-0.15, -0.1) is 21.5 Å². The van der Waals surface area contributed by atoms with E-state index < -0.39 is 0 Å². The summed E-state index contributed by atoms with van der Waals surface area (Å²) < 4.78 is 9.31. The standard InChI is InChI=1S/C21H21BrN4OS3/c1-11(2)15-8-14-16(9-27-15)30-19-17(14)18-24-25-21(26(18)20(23-19)28-3)29-10-12-4-6-13(22)7-5-12/h4-7,11,15H,8-10H2,1-3H3/t15-/m1/s1. The topological polar surface area (TPSA) is 52.3 Å². The van der Waals surface area contributed by atoms with Gasteiger partial charge < -0.3 is 4.74 Å². The lowest BCUT2D eigenvalue weighted by atomic mass is 9.96. The molecule has 0 aliphatic carbocycles. The van der Waals surface area contributed by atoms with Gasteiger partial charge in [-0.25, -0.2) is 9.38 Å². The van der Waals surface area contributed by atoms with Crippen molar-refractivity contribution >= 4 is 66.7 Å². The van der Waals surface area contributed by atoms with Crippen molar-refractivity contribution in [3.8, 4) is 0 Å². The van der Waals surface area contributed by atoms with E-state index in [9.17, 15) is 0 Å². The molecule has 4 aromatic rings. The van der Waals surface area contributed by atoms with Gasteiger partial charge >= 0.3 is 0 Å². The molecule has 0 fully saturated rings. The van der Waals surface area contributed by atoms with E-state index in [0.29, 0.717) is 12.5 Å². The predicted molar refractivity (Wildman–Crippen MR) is 129 cm³/mol. The van der Waals surface area contributed by atoms with Crippen LogP contribution in [-0.2, 0) is 23.5 Å². The quantitative estimate of drug-likeness (QED) is 0.230. The zero-order valence-corrected chi connectivity index (χ0v) is 20.9. The van der Waals surface area contributed by atoms with Crippen molar-refractivity contribution in [1.29, 1.82) is 0 Å². The van der Waals surface area contributed by atoms with Crippen LogP contribution >= 0.6 is 50.8 Å². The second kappa shape index (κ2) is 8.43. The fourth-order valence-electron chi connectivity index (χ4n) is 3.71. The third kappa shape index (κ3) is 3.68. The number of rotatable bonds is 5. The number of halogens is 1. The number of nitrogens with zero attached hydrogens (tertiary/aromatic N) is 4. The van der Waals surface area contributed by atoms with Crippen molar-refractivity contribution in [3.63, 3.8) is 0 Å². The molecule has 0 saturated heterocycles. The molecule has 1 aromatic carbocycles. The van der Waals surface area contributed by atoms with E-state index in [1.807, 2.05) is 0 Å². The van der Waals surface area contributed by atoms with E-state index in [4.69, 9.17) is 9.72 Å². The molecule has 0 spiro atoms. The molecule has 30 heavy (non-hydrogen) atoms. The Morgan fingerprint density at radius 3 is 2.77 bits per heavy atom. The van der Waals surface area contributed by atoms with Crippen LogP contribution in [0.2, 0.25) is 0 Å². The highest BCUT2D eigenvalue weighted by Crippen LogP contribution is 2.40. The number of hydrogen-bond donors (Lipinski definition) is 0. The van der Waals surface area contributed by atoms with Crippen LogP contribution in [0.4, 0.5) is 0 Å². The summed E-state index contributed by atoms with van der Waals surface area (Å²) in [5, 5.41) is 12.2. The number of thiophene rings is 1. The summed E-state index contributed by atoms with van der Waals surface area (Å²) in [4.78, 5) is 7.31. The number of benzene rings is 1. The van der Waals surface area contributed by atoms with Crippen LogP contribution in [0.3, 0.4) is 0 Å². The Balaban J connectivity index is 1.58. The van der Waals surface area contributed by atoms with Gasteiger partial charge in [-0.1, -0.05) is 65.4 Å². The van der Waals surface area contributed by atoms with E-state index in [0.717, 1.165) is 42.8 Å². The van der Waals surface area contributed by atoms with Crippen LogP contribution in [0.5, 0.6) is 0 Å². The summed E-state index contributed by atoms with van der Waals surface area (Å²) in [5.41, 5.74) is 3.52. The first-order valence-electron chi connectivity index (χ1n) is 9.77. The number of ether oxygens (including phenoxy) is 1. The highest BCUT2D eigenvalue weighted by atomic mass is 79.9. The zero-order valence-electron chi connectivity index (χ0n) is 16.9. The van der Waals surface area contributed by atoms with Crippen LogP contribution < -0.4 is 0 Å². The molecule has 4 heterocycles. The average Bonchev–Trinajstić information content (AvgIpc) is 3.33. The third-order valence-corrected chi connectivity index (χ3v) is 8.63. The largest absolute Gasteiger partial charge is 0.372 e. The molecule has 1 atom stereocenters. The van der Waals surface area contributed by atoms with Crippen molar-refractivity contribution in [2.45, 2.75) is 49.0 Å². The minimum atomic E-state index is 0.241. The van der Waals surface area contributed by atoms with Gasteiger partial charge in [-0.2, -0.15) is 0 Å². The maximum Gasteiger partial charge on any atom is 0.198 e. The summed E-state index contributed by atoms with van der Waals surface area (Å²) in [5.74, 6) is 1.32. The van der Waals surface area contributed by atoms with Gasteiger partial charge in [0.05, 0.1) is 18.1 Å². The first kappa shape index (κ1) is 20.8. The molecule has 0 radical (unpaired) electrons. The molecular formula is C21H21BrN4OS3. The van der Waals surface area contributed by atoms with Gasteiger partial charge in [0.15, 0.2) is 16.0 Å². The Morgan fingerprint density at radius 1 is 1.23 bits per heavy atom. The Morgan fingerprint density at radius 2 is 2.03 bits per heavy atom. The van der Waals surface area contributed by atoms with Crippen molar-refractivity contribution in [2.75, 3.05) is 6.26 Å². The van der Waals surface area contributed by atoms with E-state index >= 15 is 0 Å². The van der Waals surface area contributed by atoms with Crippen molar-refractivity contribution in [1.82, 2.24) is 19.6 Å². The van der Waals surface area contributed by atoms with Crippen molar-refractivity contribution < 1.29 is 4.74 Å². The van der Waals surface area contributed by atoms with E-state index in [-0.39, 0.29) is 6.10 Å². The van der Waals surface area contributed by atoms with Gasteiger partial charge in [-0.3, -0.25) is 0 Å². The summed E-state index contributed by atoms with van der Waals surface area (Å²) in [6.07, 6.45) is 3.21. The summed E-state index contributed by atoms with van der Waals surface area (Å²) in [6.45, 7) is 5.11. The molecule has 0 amide bonds. The predicted octanol–water partition coefficient (Wildman–Crippen LogP) is 6.21. The second-order valence-electron chi connectivity index (χ2n) is 7.64. The molecule has 0 unspecified atom stereocenters. The first-order chi connectivity index (χ1) is 14.5. The van der Waals surface area contributed by atoms with Crippen LogP contribution in [0.15, 0.2) is 39.1 Å². The normalized spacial score (nSPS) is 16.6. The highest BCUT2D eigenvalue weighted by Gasteiger charge is 2.28. The van der Waals surface area contributed by atoms with E-state index in [1.165, 1.54) is 16.0 Å². The lowest BCUT2D eigenvalue weighted by Crippen LogP contribution is -2.26.